The lowest BCUT2D eigenvalue weighted by atomic mass is 10.1. The van der Waals surface area contributed by atoms with Gasteiger partial charge in [-0.2, -0.15) is 0 Å². The van der Waals surface area contributed by atoms with Crippen LogP contribution in [0.15, 0.2) is 60.8 Å². The average molecular weight is 711 g/mol. The van der Waals surface area contributed by atoms with Crippen LogP contribution in [0, 0.1) is 0 Å². The molecule has 2 atom stereocenters. The molecule has 0 saturated heterocycles. The van der Waals surface area contributed by atoms with Crippen LogP contribution < -0.4 is 0 Å². The summed E-state index contributed by atoms with van der Waals surface area (Å²) < 4.78 is 26.2. The SMILES string of the molecule is CCCCC/C=C\C/C=C\CC(O)/C=C\C=C\CCCC(=O)O[C@H](COC(=O)CCCCCCC/C=C\CCCCCC)COP(=O)(O)O. The summed E-state index contributed by atoms with van der Waals surface area (Å²) in [7, 11) is -4.79. The van der Waals surface area contributed by atoms with Crippen molar-refractivity contribution in [3.8, 4) is 0 Å². The average Bonchev–Trinajstić information content (AvgIpc) is 3.06. The van der Waals surface area contributed by atoms with E-state index >= 15 is 0 Å². The molecule has 0 amide bonds. The van der Waals surface area contributed by atoms with E-state index in [1.54, 1.807) is 12.2 Å². The van der Waals surface area contributed by atoms with Gasteiger partial charge in [-0.25, -0.2) is 4.57 Å². The summed E-state index contributed by atoms with van der Waals surface area (Å²) in [5, 5.41) is 10.1. The molecule has 49 heavy (non-hydrogen) atoms. The molecule has 0 rings (SSSR count). The molecule has 0 bridgehead atoms. The summed E-state index contributed by atoms with van der Waals surface area (Å²) in [6, 6.07) is 0. The molecule has 10 heteroatoms. The van der Waals surface area contributed by atoms with Crippen LogP contribution in [-0.2, 0) is 28.2 Å². The third-order valence-corrected chi connectivity index (χ3v) is 8.07. The Morgan fingerprint density at radius 3 is 1.88 bits per heavy atom. The van der Waals surface area contributed by atoms with Gasteiger partial charge in [0.05, 0.1) is 12.7 Å². The van der Waals surface area contributed by atoms with Gasteiger partial charge in [-0.15, -0.1) is 0 Å². The van der Waals surface area contributed by atoms with E-state index in [1.165, 1.54) is 44.9 Å². The summed E-state index contributed by atoms with van der Waals surface area (Å²) in [6.45, 7) is 3.49. The van der Waals surface area contributed by atoms with E-state index in [-0.39, 0.29) is 19.4 Å². The fourth-order valence-corrected chi connectivity index (χ4v) is 5.09. The van der Waals surface area contributed by atoms with Crippen LogP contribution in [0.2, 0.25) is 0 Å². The smallest absolute Gasteiger partial charge is 0.462 e. The van der Waals surface area contributed by atoms with Crippen LogP contribution in [-0.4, -0.2) is 52.3 Å². The monoisotopic (exact) mass is 710 g/mol. The zero-order chi connectivity index (χ0) is 36.3. The maximum absolute atomic E-state index is 12.3. The summed E-state index contributed by atoms with van der Waals surface area (Å²) in [6.07, 6.45) is 38.3. The molecule has 0 aromatic carbocycles. The molecular weight excluding hydrogens is 643 g/mol. The Labute approximate surface area is 297 Å². The summed E-state index contributed by atoms with van der Waals surface area (Å²) in [5.41, 5.74) is 0. The first-order valence-electron chi connectivity index (χ1n) is 18.7. The van der Waals surface area contributed by atoms with E-state index in [0.717, 1.165) is 51.4 Å². The third kappa shape index (κ3) is 36.8. The number of aliphatic hydroxyl groups excluding tert-OH is 1. The summed E-state index contributed by atoms with van der Waals surface area (Å²) >= 11 is 0. The first-order valence-corrected chi connectivity index (χ1v) is 20.2. The Balaban J connectivity index is 4.21. The van der Waals surface area contributed by atoms with Crippen molar-refractivity contribution >= 4 is 19.8 Å². The van der Waals surface area contributed by atoms with Gasteiger partial charge >= 0.3 is 19.8 Å². The normalized spacial score (nSPS) is 13.8. The quantitative estimate of drug-likeness (QED) is 0.0200. The number of phosphoric ester groups is 1. The van der Waals surface area contributed by atoms with Gasteiger partial charge in [0.25, 0.3) is 0 Å². The van der Waals surface area contributed by atoms with E-state index in [4.69, 9.17) is 19.3 Å². The number of ether oxygens (including phenoxy) is 2. The van der Waals surface area contributed by atoms with Crippen LogP contribution >= 0.6 is 7.82 Å². The molecule has 9 nitrogen and oxygen atoms in total. The molecule has 0 aliphatic carbocycles. The molecular formula is C39H67O9P. The molecule has 0 radical (unpaired) electrons. The van der Waals surface area contributed by atoms with Gasteiger partial charge in [-0.3, -0.25) is 14.1 Å². The molecule has 0 fully saturated rings. The Hall–Kier alpha value is -2.29. The molecule has 3 N–H and O–H groups in total. The standard InChI is InChI=1S/C39H67O9P/c1-3-5-7-9-11-13-14-15-16-18-20-24-28-32-38(41)46-34-37(35-47-49(43,44)45)48-39(42)33-29-25-21-23-27-31-36(40)30-26-22-19-17-12-10-8-6-4-2/h12-14,17,21-23,26-27,31,36-37,40H,3-11,15-16,18-20,24-25,28-30,32-35H2,1-2H3,(H2,43,44,45)/b14-13-,17-12-,23-21+,26-22-,31-27-/t36?,37-/m1/s1. The van der Waals surface area contributed by atoms with Crippen molar-refractivity contribution in [3.63, 3.8) is 0 Å². The van der Waals surface area contributed by atoms with Gasteiger partial charge in [0.2, 0.25) is 0 Å². The maximum atomic E-state index is 12.3. The first kappa shape index (κ1) is 46.7. The number of hydrogen-bond acceptors (Lipinski definition) is 7. The largest absolute Gasteiger partial charge is 0.469 e. The van der Waals surface area contributed by atoms with E-state index in [2.05, 4.69) is 48.8 Å². The Bertz CT molecular complexity index is 996. The molecule has 0 aromatic heterocycles. The van der Waals surface area contributed by atoms with Crippen LogP contribution in [0.5, 0.6) is 0 Å². The molecule has 0 aromatic rings. The minimum Gasteiger partial charge on any atom is -0.462 e. The number of rotatable bonds is 33. The van der Waals surface area contributed by atoms with E-state index < -0.39 is 38.6 Å². The van der Waals surface area contributed by atoms with Crippen molar-refractivity contribution in [2.45, 2.75) is 161 Å². The van der Waals surface area contributed by atoms with Gasteiger partial charge in [-0.05, 0) is 70.6 Å². The molecule has 0 heterocycles. The predicted octanol–water partition coefficient (Wildman–Crippen LogP) is 9.92. The van der Waals surface area contributed by atoms with Crippen molar-refractivity contribution in [2.24, 2.45) is 0 Å². The maximum Gasteiger partial charge on any atom is 0.469 e. The number of esters is 2. The van der Waals surface area contributed by atoms with Crippen LogP contribution in [0.4, 0.5) is 0 Å². The molecule has 0 spiro atoms. The number of hydrogen-bond donors (Lipinski definition) is 3. The lowest BCUT2D eigenvalue weighted by Crippen LogP contribution is -2.29. The molecule has 0 aliphatic rings. The van der Waals surface area contributed by atoms with Gasteiger partial charge in [-0.1, -0.05) is 126 Å². The zero-order valence-electron chi connectivity index (χ0n) is 30.4. The Morgan fingerprint density at radius 1 is 0.633 bits per heavy atom. The minimum atomic E-state index is -4.79. The predicted molar refractivity (Wildman–Crippen MR) is 199 cm³/mol. The highest BCUT2D eigenvalue weighted by Gasteiger charge is 2.22. The topological polar surface area (TPSA) is 140 Å². The molecule has 1 unspecified atom stereocenters. The number of aliphatic hydroxyl groups is 1. The minimum absolute atomic E-state index is 0.0730. The molecule has 0 aliphatic heterocycles. The van der Waals surface area contributed by atoms with Crippen molar-refractivity contribution < 1.29 is 43.0 Å². The van der Waals surface area contributed by atoms with Crippen molar-refractivity contribution in [3.05, 3.63) is 60.8 Å². The van der Waals surface area contributed by atoms with Gasteiger partial charge in [0, 0.05) is 12.8 Å². The van der Waals surface area contributed by atoms with Gasteiger partial charge in [0.15, 0.2) is 6.10 Å². The number of carbonyl (C=O) groups excluding carboxylic acids is 2. The van der Waals surface area contributed by atoms with E-state index in [9.17, 15) is 19.3 Å². The Morgan fingerprint density at radius 2 is 1.18 bits per heavy atom. The second-order valence-electron chi connectivity index (χ2n) is 12.4. The zero-order valence-corrected chi connectivity index (χ0v) is 31.3. The molecule has 0 saturated carbocycles. The number of unbranched alkanes of at least 4 members (excludes halogenated alkanes) is 13. The van der Waals surface area contributed by atoms with Gasteiger partial charge < -0.3 is 24.4 Å². The van der Waals surface area contributed by atoms with Crippen molar-refractivity contribution in [2.75, 3.05) is 13.2 Å². The fraction of sp³-hybridized carbons (Fsp3) is 0.692. The van der Waals surface area contributed by atoms with Crippen LogP contribution in [0.25, 0.3) is 0 Å². The highest BCUT2D eigenvalue weighted by atomic mass is 31.2. The number of phosphoric acid groups is 1. The van der Waals surface area contributed by atoms with Crippen molar-refractivity contribution in [1.82, 2.24) is 0 Å². The Kier molecular flexibility index (Phi) is 32.6. The van der Waals surface area contributed by atoms with E-state index in [0.29, 0.717) is 25.7 Å². The van der Waals surface area contributed by atoms with Crippen LogP contribution in [0.3, 0.4) is 0 Å². The highest BCUT2D eigenvalue weighted by Crippen LogP contribution is 2.35. The lowest BCUT2D eigenvalue weighted by Gasteiger charge is -2.18. The summed E-state index contributed by atoms with van der Waals surface area (Å²) in [4.78, 5) is 42.6. The highest BCUT2D eigenvalue weighted by molar-refractivity contribution is 7.46. The fourth-order valence-electron chi connectivity index (χ4n) is 4.73. The lowest BCUT2D eigenvalue weighted by molar-refractivity contribution is -0.161. The second-order valence-corrected chi connectivity index (χ2v) is 13.6. The summed E-state index contributed by atoms with van der Waals surface area (Å²) in [5.74, 6) is -1.03. The van der Waals surface area contributed by atoms with Crippen molar-refractivity contribution in [1.29, 1.82) is 0 Å². The number of carbonyl (C=O) groups is 2. The third-order valence-electron chi connectivity index (χ3n) is 7.59. The first-order chi connectivity index (χ1) is 23.7. The van der Waals surface area contributed by atoms with E-state index in [1.807, 2.05) is 18.2 Å². The second kappa shape index (κ2) is 34.2. The van der Waals surface area contributed by atoms with Crippen LogP contribution in [0.1, 0.15) is 149 Å². The van der Waals surface area contributed by atoms with Gasteiger partial charge in [0.1, 0.15) is 6.61 Å². The number of allylic oxidation sites excluding steroid dienone is 8. The molecule has 282 valence electrons.